The summed E-state index contributed by atoms with van der Waals surface area (Å²) in [4.78, 5) is 29.2. The summed E-state index contributed by atoms with van der Waals surface area (Å²) in [5, 5.41) is 5.86. The molecule has 0 radical (unpaired) electrons. The van der Waals surface area contributed by atoms with Crippen LogP contribution in [0.25, 0.3) is 11.9 Å². The minimum Gasteiger partial charge on any atom is -0.481 e. The van der Waals surface area contributed by atoms with Gasteiger partial charge in [0.2, 0.25) is 11.0 Å². The molecule has 3 aliphatic rings. The number of halogens is 4. The molecule has 2 fully saturated rings. The molecule has 0 saturated heterocycles. The molecule has 2 N–H and O–H groups in total. The molecular weight excluding hydrogens is 561 g/mol. The molecule has 1 atom stereocenters. The predicted molar refractivity (Wildman–Crippen MR) is 141 cm³/mol. The molecule has 4 aromatic rings. The van der Waals surface area contributed by atoms with Gasteiger partial charge >= 0.3 is 11.9 Å². The van der Waals surface area contributed by atoms with E-state index in [2.05, 4.69) is 25.4 Å². The number of benzene rings is 1. The SMILES string of the molecule is COc1ncnc(C2CC2)c1C1(Cl)N=c2c([nH]c(=O)n2Cc2ccc(-n3nc(C(F)(F)F)cc3C3CC3)cc2)=CN1. The number of fused-ring (bicyclic) bond motifs is 1. The highest BCUT2D eigenvalue weighted by molar-refractivity contribution is 6.24. The average molecular weight is 585 g/mol. The van der Waals surface area contributed by atoms with Gasteiger partial charge in [-0.3, -0.25) is 4.57 Å². The Morgan fingerprint density at radius 2 is 1.85 bits per heavy atom. The van der Waals surface area contributed by atoms with E-state index in [1.54, 1.807) is 30.5 Å². The van der Waals surface area contributed by atoms with E-state index >= 15 is 0 Å². The van der Waals surface area contributed by atoms with Gasteiger partial charge in [-0.25, -0.2) is 24.4 Å². The normalized spacial score (nSPS) is 20.1. The fourth-order valence-corrected chi connectivity index (χ4v) is 5.48. The number of hydrogen-bond donors (Lipinski definition) is 2. The van der Waals surface area contributed by atoms with Crippen molar-refractivity contribution in [3.63, 3.8) is 0 Å². The van der Waals surface area contributed by atoms with Crippen LogP contribution in [0.3, 0.4) is 0 Å². The first-order chi connectivity index (χ1) is 19.6. The largest absolute Gasteiger partial charge is 0.481 e. The Kier molecular flexibility index (Phi) is 5.79. The topological polar surface area (TPSA) is 115 Å². The lowest BCUT2D eigenvalue weighted by molar-refractivity contribution is -0.141. The van der Waals surface area contributed by atoms with Gasteiger partial charge in [0, 0.05) is 23.7 Å². The molecule has 0 bridgehead atoms. The van der Waals surface area contributed by atoms with Crippen molar-refractivity contribution in [3.05, 3.63) is 86.2 Å². The van der Waals surface area contributed by atoms with Gasteiger partial charge in [-0.2, -0.15) is 18.3 Å². The standard InChI is InChI=1S/C27H24ClF3N8O2/c1-41-24-21(22(16-6-7-16)32-13-33-24)26(28)34-11-18-23(36-26)38(25(40)35-18)12-14-2-8-17(9-3-14)39-19(15-4-5-15)10-20(37-39)27(29,30)31/h2-3,8-11,13,15-16,34H,4-7,12H2,1H3,(H,35,40). The lowest BCUT2D eigenvalue weighted by atomic mass is 10.1. The zero-order chi connectivity index (χ0) is 28.5. The maximum Gasteiger partial charge on any atom is 0.435 e. The van der Waals surface area contributed by atoms with Crippen molar-refractivity contribution in [1.29, 1.82) is 0 Å². The van der Waals surface area contributed by atoms with Crippen LogP contribution in [-0.2, 0) is 17.8 Å². The quantitative estimate of drug-likeness (QED) is 0.255. The molecule has 0 spiro atoms. The van der Waals surface area contributed by atoms with E-state index in [0.717, 1.165) is 43.0 Å². The number of alkyl halides is 4. The van der Waals surface area contributed by atoms with Crippen LogP contribution < -0.4 is 26.6 Å². The van der Waals surface area contributed by atoms with Gasteiger partial charge in [0.1, 0.15) is 11.7 Å². The summed E-state index contributed by atoms with van der Waals surface area (Å²) < 4.78 is 48.4. The zero-order valence-electron chi connectivity index (χ0n) is 21.7. The fraction of sp³-hybridized carbons (Fsp3) is 0.370. The molecule has 2 saturated carbocycles. The number of nitrogens with zero attached hydrogens (tertiary/aromatic N) is 6. The second-order valence-electron chi connectivity index (χ2n) is 10.5. The van der Waals surface area contributed by atoms with Crippen LogP contribution in [0.2, 0.25) is 0 Å². The average Bonchev–Trinajstić information content (AvgIpc) is 3.89. The summed E-state index contributed by atoms with van der Waals surface area (Å²) in [5.41, 5.74) is 2.08. The highest BCUT2D eigenvalue weighted by atomic mass is 35.5. The van der Waals surface area contributed by atoms with Crippen LogP contribution in [-0.4, -0.2) is 36.4 Å². The minimum absolute atomic E-state index is 0.0691. The number of aromatic amines is 1. The minimum atomic E-state index is -4.52. The summed E-state index contributed by atoms with van der Waals surface area (Å²) in [6.45, 7) is 0.148. The van der Waals surface area contributed by atoms with Crippen molar-refractivity contribution in [2.24, 2.45) is 4.99 Å². The molecule has 0 amide bonds. The molecule has 14 heteroatoms. The first-order valence-electron chi connectivity index (χ1n) is 13.2. The molecule has 1 aliphatic heterocycles. The third-order valence-corrected chi connectivity index (χ3v) is 7.91. The Balaban J connectivity index is 1.24. The van der Waals surface area contributed by atoms with Crippen molar-refractivity contribution in [3.8, 4) is 11.6 Å². The molecule has 10 nitrogen and oxygen atoms in total. The van der Waals surface area contributed by atoms with E-state index in [1.807, 2.05) is 0 Å². The molecule has 212 valence electrons. The van der Waals surface area contributed by atoms with E-state index in [1.165, 1.54) is 22.7 Å². The Hall–Kier alpha value is -4.13. The number of hydrogen-bond acceptors (Lipinski definition) is 7. The van der Waals surface area contributed by atoms with Crippen molar-refractivity contribution in [2.45, 2.75) is 55.4 Å². The van der Waals surface area contributed by atoms with Crippen LogP contribution in [0, 0.1) is 0 Å². The maximum absolute atomic E-state index is 13.4. The van der Waals surface area contributed by atoms with Crippen molar-refractivity contribution >= 4 is 17.8 Å². The number of aromatic nitrogens is 6. The lowest BCUT2D eigenvalue weighted by Gasteiger charge is -2.27. The van der Waals surface area contributed by atoms with Crippen molar-refractivity contribution in [2.75, 3.05) is 7.11 Å². The third kappa shape index (κ3) is 4.57. The van der Waals surface area contributed by atoms with Crippen LogP contribution in [0.5, 0.6) is 5.88 Å². The van der Waals surface area contributed by atoms with E-state index in [9.17, 15) is 18.0 Å². The summed E-state index contributed by atoms with van der Waals surface area (Å²) in [5.74, 6) is 0.591. The van der Waals surface area contributed by atoms with Gasteiger partial charge in [0.05, 0.1) is 30.6 Å². The van der Waals surface area contributed by atoms with Gasteiger partial charge in [-0.1, -0.05) is 23.7 Å². The molecular formula is C27H24ClF3N8O2. The Morgan fingerprint density at radius 1 is 1.12 bits per heavy atom. The summed E-state index contributed by atoms with van der Waals surface area (Å²) >= 11 is 7.05. The summed E-state index contributed by atoms with van der Waals surface area (Å²) in [6, 6.07) is 8.03. The summed E-state index contributed by atoms with van der Waals surface area (Å²) in [6.07, 6.45) is 2.12. The Labute approximate surface area is 235 Å². The van der Waals surface area contributed by atoms with Crippen LogP contribution in [0.4, 0.5) is 13.2 Å². The number of nitrogens with one attached hydrogen (secondary N) is 2. The van der Waals surface area contributed by atoms with Crippen molar-refractivity contribution < 1.29 is 17.9 Å². The fourth-order valence-electron chi connectivity index (χ4n) is 5.17. The number of imidazole rings is 1. The highest BCUT2D eigenvalue weighted by Crippen LogP contribution is 2.47. The van der Waals surface area contributed by atoms with Crippen molar-refractivity contribution in [1.82, 2.24) is 34.6 Å². The van der Waals surface area contributed by atoms with Crippen LogP contribution >= 0.6 is 11.6 Å². The van der Waals surface area contributed by atoms with E-state index in [-0.39, 0.29) is 18.4 Å². The monoisotopic (exact) mass is 584 g/mol. The van der Waals surface area contributed by atoms with Gasteiger partial charge in [-0.15, -0.1) is 0 Å². The van der Waals surface area contributed by atoms with Gasteiger partial charge < -0.3 is 15.0 Å². The molecule has 41 heavy (non-hydrogen) atoms. The Bertz CT molecular complexity index is 1840. The summed E-state index contributed by atoms with van der Waals surface area (Å²) in [7, 11) is 1.50. The molecule has 1 unspecified atom stereocenters. The maximum atomic E-state index is 13.4. The van der Waals surface area contributed by atoms with Crippen LogP contribution in [0.15, 0.2) is 46.4 Å². The third-order valence-electron chi connectivity index (χ3n) is 7.53. The number of rotatable bonds is 7. The molecule has 4 heterocycles. The first kappa shape index (κ1) is 25.8. The number of ether oxygens (including phenoxy) is 1. The number of methoxy groups -OCH3 is 1. The molecule has 7 rings (SSSR count). The van der Waals surface area contributed by atoms with Gasteiger partial charge in [0.15, 0.2) is 11.2 Å². The van der Waals surface area contributed by atoms with E-state index in [0.29, 0.717) is 33.7 Å². The second-order valence-corrected chi connectivity index (χ2v) is 11.0. The van der Waals surface area contributed by atoms with Gasteiger partial charge in [0.25, 0.3) is 0 Å². The van der Waals surface area contributed by atoms with E-state index in [4.69, 9.17) is 21.3 Å². The van der Waals surface area contributed by atoms with Gasteiger partial charge in [-0.05, 0) is 49.4 Å². The zero-order valence-corrected chi connectivity index (χ0v) is 22.5. The lowest BCUT2D eigenvalue weighted by Crippen LogP contribution is -2.46. The smallest absolute Gasteiger partial charge is 0.435 e. The molecule has 1 aromatic carbocycles. The predicted octanol–water partition coefficient (Wildman–Crippen LogP) is 2.99. The Morgan fingerprint density at radius 3 is 2.51 bits per heavy atom. The van der Waals surface area contributed by atoms with Crippen LogP contribution in [0.1, 0.15) is 65.7 Å². The van der Waals surface area contributed by atoms with E-state index < -0.39 is 22.7 Å². The highest BCUT2D eigenvalue weighted by Gasteiger charge is 2.42. The second kappa shape index (κ2) is 9.20. The molecule has 2 aliphatic carbocycles. The number of H-pyrrole nitrogens is 1. The molecule has 3 aromatic heterocycles. The first-order valence-corrected chi connectivity index (χ1v) is 13.5.